The van der Waals surface area contributed by atoms with Gasteiger partial charge in [0.05, 0.1) is 10.6 Å². The number of hydrogen-bond acceptors (Lipinski definition) is 1. The highest BCUT2D eigenvalue weighted by molar-refractivity contribution is 9.10. The number of hydrogen-bond donors (Lipinski definition) is 1. The summed E-state index contributed by atoms with van der Waals surface area (Å²) in [5.74, 6) is -0.913. The molecule has 1 N–H and O–H groups in total. The van der Waals surface area contributed by atoms with Crippen molar-refractivity contribution in [3.05, 3.63) is 68.7 Å². The standard InChI is InChI=1S/C14H10BrClF2O/c15-11-3-1-8(6-13(11)18)14(19)7-9-5-10(16)2-4-12(9)17/h1-6,14,19H,7H2. The highest BCUT2D eigenvalue weighted by Crippen LogP contribution is 2.25. The average Bonchev–Trinajstić information content (AvgIpc) is 2.37. The molecule has 0 aromatic heterocycles. The molecule has 0 fully saturated rings. The molecule has 1 atom stereocenters. The molecule has 0 aliphatic carbocycles. The summed E-state index contributed by atoms with van der Waals surface area (Å²) in [5, 5.41) is 10.4. The van der Waals surface area contributed by atoms with Gasteiger partial charge in [-0.05, 0) is 57.4 Å². The van der Waals surface area contributed by atoms with Crippen LogP contribution in [0.15, 0.2) is 40.9 Å². The Bertz CT molecular complexity index is 604. The molecule has 19 heavy (non-hydrogen) atoms. The van der Waals surface area contributed by atoms with Crippen LogP contribution in [0.5, 0.6) is 0 Å². The molecule has 100 valence electrons. The van der Waals surface area contributed by atoms with Gasteiger partial charge in [-0.3, -0.25) is 0 Å². The number of aliphatic hydroxyl groups is 1. The number of benzene rings is 2. The third-order valence-electron chi connectivity index (χ3n) is 2.75. The van der Waals surface area contributed by atoms with E-state index < -0.39 is 17.7 Å². The van der Waals surface area contributed by atoms with Gasteiger partial charge in [-0.25, -0.2) is 8.78 Å². The van der Waals surface area contributed by atoms with Crippen LogP contribution >= 0.6 is 27.5 Å². The minimum absolute atomic E-state index is 0.0352. The van der Waals surface area contributed by atoms with Crippen LogP contribution in [0.2, 0.25) is 5.02 Å². The molecule has 2 rings (SSSR count). The molecule has 0 saturated carbocycles. The molecule has 1 unspecified atom stereocenters. The summed E-state index contributed by atoms with van der Waals surface area (Å²) in [7, 11) is 0. The summed E-state index contributed by atoms with van der Waals surface area (Å²) in [6.07, 6.45) is -0.955. The van der Waals surface area contributed by atoms with Crippen LogP contribution in [0.1, 0.15) is 17.2 Å². The van der Waals surface area contributed by atoms with Gasteiger partial charge in [-0.1, -0.05) is 17.7 Å². The normalized spacial score (nSPS) is 12.5. The predicted molar refractivity (Wildman–Crippen MR) is 74.2 cm³/mol. The van der Waals surface area contributed by atoms with Crippen LogP contribution in [-0.2, 0) is 6.42 Å². The topological polar surface area (TPSA) is 20.2 Å². The van der Waals surface area contributed by atoms with E-state index in [2.05, 4.69) is 15.9 Å². The van der Waals surface area contributed by atoms with Crippen LogP contribution < -0.4 is 0 Å². The van der Waals surface area contributed by atoms with Crippen molar-refractivity contribution in [2.45, 2.75) is 12.5 Å². The molecule has 0 aliphatic heterocycles. The zero-order valence-corrected chi connectivity index (χ0v) is 12.0. The summed E-state index contributed by atoms with van der Waals surface area (Å²) < 4.78 is 27.2. The van der Waals surface area contributed by atoms with Crippen molar-refractivity contribution in [3.8, 4) is 0 Å². The van der Waals surface area contributed by atoms with Crippen LogP contribution in [0.25, 0.3) is 0 Å². The van der Waals surface area contributed by atoms with E-state index in [1.807, 2.05) is 0 Å². The first-order valence-electron chi connectivity index (χ1n) is 5.54. The first-order chi connectivity index (χ1) is 8.97. The van der Waals surface area contributed by atoms with Crippen molar-refractivity contribution in [3.63, 3.8) is 0 Å². The second-order valence-corrected chi connectivity index (χ2v) is 5.42. The second-order valence-electron chi connectivity index (χ2n) is 4.13. The molecule has 2 aromatic carbocycles. The van der Waals surface area contributed by atoms with E-state index in [4.69, 9.17) is 11.6 Å². The van der Waals surface area contributed by atoms with Gasteiger partial charge >= 0.3 is 0 Å². The van der Waals surface area contributed by atoms with Crippen molar-refractivity contribution < 1.29 is 13.9 Å². The fourth-order valence-corrected chi connectivity index (χ4v) is 2.19. The predicted octanol–water partition coefficient (Wildman–Crippen LogP) is 4.66. The van der Waals surface area contributed by atoms with E-state index >= 15 is 0 Å². The van der Waals surface area contributed by atoms with Crippen molar-refractivity contribution in [1.29, 1.82) is 0 Å². The quantitative estimate of drug-likeness (QED) is 0.856. The highest BCUT2D eigenvalue weighted by Gasteiger charge is 2.13. The zero-order valence-electron chi connectivity index (χ0n) is 9.71. The molecule has 0 radical (unpaired) electrons. The molecule has 2 aromatic rings. The van der Waals surface area contributed by atoms with Gasteiger partial charge < -0.3 is 5.11 Å². The van der Waals surface area contributed by atoms with E-state index in [9.17, 15) is 13.9 Å². The Labute approximate surface area is 123 Å². The Balaban J connectivity index is 2.22. The molecule has 5 heteroatoms. The Morgan fingerprint density at radius 1 is 1.11 bits per heavy atom. The Kier molecular flexibility index (Phi) is 4.55. The van der Waals surface area contributed by atoms with Gasteiger partial charge in [0.2, 0.25) is 0 Å². The Hall–Kier alpha value is -0.970. The van der Waals surface area contributed by atoms with Gasteiger partial charge in [-0.2, -0.15) is 0 Å². The summed E-state index contributed by atoms with van der Waals surface area (Å²) in [5.41, 5.74) is 0.684. The van der Waals surface area contributed by atoms with Crippen LogP contribution in [0, 0.1) is 11.6 Å². The average molecular weight is 348 g/mol. The molecular weight excluding hydrogens is 338 g/mol. The monoisotopic (exact) mass is 346 g/mol. The second kappa shape index (κ2) is 5.99. The van der Waals surface area contributed by atoms with E-state index in [1.54, 1.807) is 6.07 Å². The van der Waals surface area contributed by atoms with Crippen molar-refractivity contribution in [2.24, 2.45) is 0 Å². The number of aliphatic hydroxyl groups excluding tert-OH is 1. The lowest BCUT2D eigenvalue weighted by Crippen LogP contribution is -2.04. The molecule has 0 saturated heterocycles. The maximum absolute atomic E-state index is 13.5. The van der Waals surface area contributed by atoms with Gasteiger partial charge in [0.15, 0.2) is 0 Å². The molecule has 1 nitrogen and oxygen atoms in total. The van der Waals surface area contributed by atoms with E-state index in [0.29, 0.717) is 20.6 Å². The van der Waals surface area contributed by atoms with Crippen LogP contribution in [-0.4, -0.2) is 5.11 Å². The third-order valence-corrected chi connectivity index (χ3v) is 3.63. The van der Waals surface area contributed by atoms with Crippen molar-refractivity contribution >= 4 is 27.5 Å². The Morgan fingerprint density at radius 3 is 2.53 bits per heavy atom. The minimum Gasteiger partial charge on any atom is -0.388 e. The SMILES string of the molecule is OC(Cc1cc(Cl)ccc1F)c1ccc(Br)c(F)c1. The summed E-state index contributed by atoms with van der Waals surface area (Å²) in [6.45, 7) is 0. The fourth-order valence-electron chi connectivity index (χ4n) is 1.75. The lowest BCUT2D eigenvalue weighted by molar-refractivity contribution is 0.176. The van der Waals surface area contributed by atoms with E-state index in [1.165, 1.54) is 30.3 Å². The first kappa shape index (κ1) is 14.4. The summed E-state index contributed by atoms with van der Waals surface area (Å²) >= 11 is 8.81. The van der Waals surface area contributed by atoms with Gasteiger partial charge in [0, 0.05) is 11.4 Å². The van der Waals surface area contributed by atoms with Crippen LogP contribution in [0.4, 0.5) is 8.78 Å². The summed E-state index contributed by atoms with van der Waals surface area (Å²) in [6, 6.07) is 8.44. The molecule has 0 spiro atoms. The van der Waals surface area contributed by atoms with E-state index in [-0.39, 0.29) is 6.42 Å². The molecule has 0 bridgehead atoms. The molecule has 0 heterocycles. The Morgan fingerprint density at radius 2 is 1.84 bits per heavy atom. The van der Waals surface area contributed by atoms with Crippen molar-refractivity contribution in [2.75, 3.05) is 0 Å². The maximum Gasteiger partial charge on any atom is 0.137 e. The molecular formula is C14H10BrClF2O. The zero-order chi connectivity index (χ0) is 14.0. The lowest BCUT2D eigenvalue weighted by Gasteiger charge is -2.12. The lowest BCUT2D eigenvalue weighted by atomic mass is 10.0. The fraction of sp³-hybridized carbons (Fsp3) is 0.143. The van der Waals surface area contributed by atoms with Gasteiger partial charge in [0.1, 0.15) is 11.6 Å². The first-order valence-corrected chi connectivity index (χ1v) is 6.71. The number of rotatable bonds is 3. The maximum atomic E-state index is 13.5. The number of halogens is 4. The molecule has 0 amide bonds. The summed E-state index contributed by atoms with van der Waals surface area (Å²) in [4.78, 5) is 0. The van der Waals surface area contributed by atoms with Crippen molar-refractivity contribution in [1.82, 2.24) is 0 Å². The smallest absolute Gasteiger partial charge is 0.137 e. The van der Waals surface area contributed by atoms with E-state index in [0.717, 1.165) is 0 Å². The highest BCUT2D eigenvalue weighted by atomic mass is 79.9. The van der Waals surface area contributed by atoms with Gasteiger partial charge in [-0.15, -0.1) is 0 Å². The molecule has 0 aliphatic rings. The van der Waals surface area contributed by atoms with Gasteiger partial charge in [0.25, 0.3) is 0 Å². The van der Waals surface area contributed by atoms with Crippen LogP contribution in [0.3, 0.4) is 0 Å². The largest absolute Gasteiger partial charge is 0.388 e. The third kappa shape index (κ3) is 3.53. The minimum atomic E-state index is -0.990.